The summed E-state index contributed by atoms with van der Waals surface area (Å²) in [5.74, 6) is 5.85. The van der Waals surface area contributed by atoms with Crippen LogP contribution in [0.5, 0.6) is 0 Å². The van der Waals surface area contributed by atoms with Crippen LogP contribution in [0, 0.1) is 0 Å². The Kier molecular flexibility index (Phi) is 2.28. The van der Waals surface area contributed by atoms with Crippen LogP contribution in [-0.4, -0.2) is 26.9 Å². The smallest absolute Gasteiger partial charge is 0.0636 e. The van der Waals surface area contributed by atoms with Crippen LogP contribution in [-0.2, 0) is 9.73 Å². The van der Waals surface area contributed by atoms with Crippen LogP contribution in [0.25, 0.3) is 0 Å². The predicted octanol–water partition coefficient (Wildman–Crippen LogP) is -0.517. The highest BCUT2D eigenvalue weighted by molar-refractivity contribution is 7.93. The topological polar surface area (TPSA) is 75.7 Å². The third-order valence-corrected chi connectivity index (χ3v) is 3.86. The fraction of sp³-hybridized carbons (Fsp3) is 1.00. The van der Waals surface area contributed by atoms with Crippen molar-refractivity contribution >= 4 is 9.73 Å². The highest BCUT2D eigenvalue weighted by Gasteiger charge is 2.19. The van der Waals surface area contributed by atoms with Crippen LogP contribution >= 0.6 is 0 Å². The lowest BCUT2D eigenvalue weighted by molar-refractivity contribution is 0.164. The Labute approximate surface area is 60.6 Å². The Morgan fingerprint density at radius 1 is 1.50 bits per heavy atom. The van der Waals surface area contributed by atoms with Crippen molar-refractivity contribution in [3.05, 3.63) is 0 Å². The molecule has 1 fully saturated rings. The average Bonchev–Trinajstić information content (AvgIpc) is 1.96. The van der Waals surface area contributed by atoms with Gasteiger partial charge < -0.3 is 5.11 Å². The summed E-state index contributed by atoms with van der Waals surface area (Å²) in [4.78, 5) is 0. The molecular weight excluding hydrogens is 152 g/mol. The largest absolute Gasteiger partial charge is 0.393 e. The Balaban J connectivity index is 2.64. The van der Waals surface area contributed by atoms with Crippen LogP contribution in [0.1, 0.15) is 12.8 Å². The second-order valence-corrected chi connectivity index (χ2v) is 5.09. The summed E-state index contributed by atoms with van der Waals surface area (Å²) in [6.45, 7) is 0. The maximum atomic E-state index is 11.3. The van der Waals surface area contributed by atoms with Crippen LogP contribution < -0.4 is 5.84 Å². The maximum absolute atomic E-state index is 11.3. The Bertz CT molecular complexity index is 206. The van der Waals surface area contributed by atoms with E-state index in [-0.39, 0.29) is 6.10 Å². The van der Waals surface area contributed by atoms with Gasteiger partial charge in [-0.3, -0.25) is 0 Å². The minimum Gasteiger partial charge on any atom is -0.393 e. The molecule has 1 rings (SSSR count). The van der Waals surface area contributed by atoms with Gasteiger partial charge in [0.15, 0.2) is 0 Å². The van der Waals surface area contributed by atoms with E-state index in [0.29, 0.717) is 24.3 Å². The van der Waals surface area contributed by atoms with Crippen molar-refractivity contribution in [2.75, 3.05) is 11.5 Å². The number of hydrogen-bond donors (Lipinski definition) is 2. The van der Waals surface area contributed by atoms with Crippen molar-refractivity contribution in [1.29, 1.82) is 0 Å². The van der Waals surface area contributed by atoms with Gasteiger partial charge in [-0.2, -0.15) is 4.47 Å². The zero-order chi connectivity index (χ0) is 7.61. The zero-order valence-electron chi connectivity index (χ0n) is 5.69. The molecule has 0 amide bonds. The molecule has 1 aliphatic rings. The molecule has 1 saturated heterocycles. The van der Waals surface area contributed by atoms with Gasteiger partial charge in [-0.25, -0.2) is 10.1 Å². The van der Waals surface area contributed by atoms with E-state index in [1.807, 2.05) is 0 Å². The quantitative estimate of drug-likeness (QED) is 0.374. The van der Waals surface area contributed by atoms with E-state index in [0.717, 1.165) is 0 Å². The lowest BCUT2D eigenvalue weighted by Gasteiger charge is -2.18. The molecule has 0 aromatic carbocycles. The van der Waals surface area contributed by atoms with E-state index in [1.54, 1.807) is 0 Å². The molecule has 3 N–H and O–H groups in total. The average molecular weight is 164 g/mol. The number of hydrogen-bond acceptors (Lipinski definition) is 3. The molecule has 0 atom stereocenters. The second kappa shape index (κ2) is 2.86. The first-order valence-electron chi connectivity index (χ1n) is 3.26. The van der Waals surface area contributed by atoms with E-state index in [9.17, 15) is 4.21 Å². The van der Waals surface area contributed by atoms with Crippen molar-refractivity contribution < 1.29 is 9.32 Å². The molecule has 0 unspecified atom stereocenters. The standard InChI is InChI=1S/C5H12N2O2S/c6-7-10(9)3-1-5(8)2-4-10/h5,8H,1-4,6H2. The first-order valence-corrected chi connectivity index (χ1v) is 5.11. The van der Waals surface area contributed by atoms with E-state index >= 15 is 0 Å². The minimum absolute atomic E-state index is 0.295. The summed E-state index contributed by atoms with van der Waals surface area (Å²) in [7, 11) is -2.12. The third kappa shape index (κ3) is 1.68. The van der Waals surface area contributed by atoms with Crippen molar-refractivity contribution in [3.8, 4) is 0 Å². The predicted molar refractivity (Wildman–Crippen MR) is 39.7 cm³/mol. The second-order valence-electron chi connectivity index (χ2n) is 2.52. The summed E-state index contributed by atoms with van der Waals surface area (Å²) in [6.07, 6.45) is 0.843. The van der Waals surface area contributed by atoms with E-state index in [2.05, 4.69) is 4.47 Å². The number of nitrogens with zero attached hydrogens (tertiary/aromatic N) is 1. The van der Waals surface area contributed by atoms with Crippen LogP contribution in [0.4, 0.5) is 0 Å². The van der Waals surface area contributed by atoms with E-state index in [1.165, 1.54) is 0 Å². The van der Waals surface area contributed by atoms with Gasteiger partial charge in [-0.05, 0) is 12.8 Å². The molecule has 10 heavy (non-hydrogen) atoms. The Morgan fingerprint density at radius 3 is 2.40 bits per heavy atom. The first kappa shape index (κ1) is 7.97. The molecule has 1 aliphatic heterocycles. The molecule has 0 aromatic heterocycles. The van der Waals surface area contributed by atoms with Crippen LogP contribution in [0.15, 0.2) is 4.47 Å². The molecule has 60 valence electrons. The fourth-order valence-corrected chi connectivity index (χ4v) is 2.69. The number of aliphatic hydroxyl groups is 1. The SMILES string of the molecule is NN=S1(=O)CCC(O)CC1. The van der Waals surface area contributed by atoms with Gasteiger partial charge in [-0.15, -0.1) is 0 Å². The molecule has 5 heteroatoms. The summed E-state index contributed by atoms with van der Waals surface area (Å²) in [5, 5.41) is 9.03. The monoisotopic (exact) mass is 164 g/mol. The molecule has 0 aliphatic carbocycles. The highest BCUT2D eigenvalue weighted by atomic mass is 32.2. The van der Waals surface area contributed by atoms with Gasteiger partial charge in [0.1, 0.15) is 0 Å². The Morgan fingerprint density at radius 2 is 2.00 bits per heavy atom. The van der Waals surface area contributed by atoms with Crippen molar-refractivity contribution in [2.24, 2.45) is 10.3 Å². The minimum atomic E-state index is -2.12. The molecule has 0 saturated carbocycles. The van der Waals surface area contributed by atoms with Gasteiger partial charge in [0, 0.05) is 11.5 Å². The van der Waals surface area contributed by atoms with Crippen LogP contribution in [0.2, 0.25) is 0 Å². The van der Waals surface area contributed by atoms with Gasteiger partial charge >= 0.3 is 0 Å². The first-order chi connectivity index (χ1) is 4.66. The maximum Gasteiger partial charge on any atom is 0.0636 e. The van der Waals surface area contributed by atoms with Crippen molar-refractivity contribution in [2.45, 2.75) is 18.9 Å². The zero-order valence-corrected chi connectivity index (χ0v) is 6.51. The number of nitrogens with two attached hydrogens (primary N) is 1. The number of rotatable bonds is 0. The number of aliphatic hydroxyl groups excluding tert-OH is 1. The normalized spacial score (nSPS) is 41.2. The fourth-order valence-electron chi connectivity index (χ4n) is 0.992. The molecule has 0 spiro atoms. The summed E-state index contributed by atoms with van der Waals surface area (Å²) < 4.78 is 14.6. The lowest BCUT2D eigenvalue weighted by atomic mass is 10.2. The highest BCUT2D eigenvalue weighted by Crippen LogP contribution is 2.12. The van der Waals surface area contributed by atoms with Gasteiger partial charge in [0.25, 0.3) is 0 Å². The molecule has 1 heterocycles. The summed E-state index contributed by atoms with van der Waals surface area (Å²) >= 11 is 0. The molecule has 4 nitrogen and oxygen atoms in total. The van der Waals surface area contributed by atoms with Crippen molar-refractivity contribution in [3.63, 3.8) is 0 Å². The molecular formula is C5H12N2O2S. The summed E-state index contributed by atoms with van der Waals surface area (Å²) in [6, 6.07) is 0. The third-order valence-electron chi connectivity index (χ3n) is 1.73. The van der Waals surface area contributed by atoms with Gasteiger partial charge in [-0.1, -0.05) is 0 Å². The van der Waals surface area contributed by atoms with Gasteiger partial charge in [0.05, 0.1) is 15.8 Å². The van der Waals surface area contributed by atoms with Crippen molar-refractivity contribution in [1.82, 2.24) is 0 Å². The van der Waals surface area contributed by atoms with E-state index in [4.69, 9.17) is 10.9 Å². The van der Waals surface area contributed by atoms with Crippen LogP contribution in [0.3, 0.4) is 0 Å². The summed E-state index contributed by atoms with van der Waals surface area (Å²) in [5.41, 5.74) is 0. The molecule has 0 aromatic rings. The van der Waals surface area contributed by atoms with E-state index < -0.39 is 9.73 Å². The lowest BCUT2D eigenvalue weighted by Crippen LogP contribution is -2.27. The molecule has 0 radical (unpaired) electrons. The molecule has 0 bridgehead atoms. The van der Waals surface area contributed by atoms with Gasteiger partial charge in [0.2, 0.25) is 0 Å². The Hall–Kier alpha value is -0.130.